The molecule has 16 rings (SSSR count). The molecule has 6 fully saturated rings. The summed E-state index contributed by atoms with van der Waals surface area (Å²) >= 11 is 5.77. The Kier molecular flexibility index (Phi) is 38.6. The molecule has 10 aromatic rings. The van der Waals surface area contributed by atoms with E-state index in [1.807, 2.05) is 208 Å². The first-order valence-corrected chi connectivity index (χ1v) is 45.7. The van der Waals surface area contributed by atoms with Gasteiger partial charge in [-0.15, -0.1) is 10.2 Å². The summed E-state index contributed by atoms with van der Waals surface area (Å²) in [6, 6.07) is 75.2. The molecule has 0 saturated carbocycles. The van der Waals surface area contributed by atoms with E-state index in [1.54, 1.807) is 49.8 Å². The molecule has 0 radical (unpaired) electrons. The van der Waals surface area contributed by atoms with Crippen molar-refractivity contribution in [2.45, 2.75) is 133 Å². The molecule has 22 nitrogen and oxygen atoms in total. The number of piperidine rings is 6. The van der Waals surface area contributed by atoms with Crippen LogP contribution in [0.2, 0.25) is 5.02 Å². The van der Waals surface area contributed by atoms with E-state index in [9.17, 15) is 46.3 Å². The molecule has 6 aliphatic heterocycles. The number of hydrogen-bond acceptors (Lipinski definition) is 15. The number of aromatic nitrogens is 3. The number of amides is 6. The van der Waals surface area contributed by atoms with Crippen LogP contribution in [-0.2, 0) is 35.3 Å². The molecule has 7 heterocycles. The Hall–Kier alpha value is -14.0. The predicted molar refractivity (Wildman–Crippen MR) is 520 cm³/mol. The van der Waals surface area contributed by atoms with Crippen molar-refractivity contribution in [2.75, 3.05) is 85.6 Å². The summed E-state index contributed by atoms with van der Waals surface area (Å²) in [4.78, 5) is 78.8. The van der Waals surface area contributed by atoms with E-state index < -0.39 is 49.1 Å². The average molecular weight is 1860 g/mol. The van der Waals surface area contributed by atoms with Crippen LogP contribution in [0.4, 0.5) is 17.6 Å². The number of benzene rings is 9. The topological polar surface area (TPSA) is 217 Å². The Balaban J connectivity index is 0.000000156. The Bertz CT molecular complexity index is 5440. The Labute approximate surface area is 793 Å². The van der Waals surface area contributed by atoms with E-state index in [0.717, 1.165) is 94.2 Å². The number of likely N-dealkylation sites (tertiary alicyclic amines) is 6. The first-order valence-electron chi connectivity index (χ1n) is 45.3. The average Bonchev–Trinajstić information content (AvgIpc) is 1.70. The van der Waals surface area contributed by atoms with Crippen LogP contribution in [-0.4, -0.2) is 226 Å². The minimum atomic E-state index is -1.21. The number of alkyl halides is 4. The van der Waals surface area contributed by atoms with Gasteiger partial charge in [-0.25, -0.2) is 17.6 Å². The van der Waals surface area contributed by atoms with Gasteiger partial charge in [-0.1, -0.05) is 197 Å². The van der Waals surface area contributed by atoms with E-state index >= 15 is 0 Å². The smallest absolute Gasteiger partial charge is 0.246 e. The van der Waals surface area contributed by atoms with Crippen LogP contribution in [0.25, 0.3) is 44.8 Å². The Morgan fingerprint density at radius 3 is 1.12 bits per heavy atom. The van der Waals surface area contributed by atoms with Crippen molar-refractivity contribution in [2.24, 2.45) is 0 Å². The van der Waals surface area contributed by atoms with Crippen molar-refractivity contribution in [3.05, 3.63) is 324 Å². The molecule has 0 spiro atoms. The highest BCUT2D eigenvalue weighted by atomic mass is 35.5. The van der Waals surface area contributed by atoms with Crippen LogP contribution in [0.3, 0.4) is 0 Å². The quantitative estimate of drug-likeness (QED) is 0.0406. The zero-order valence-corrected chi connectivity index (χ0v) is 77.3. The van der Waals surface area contributed by atoms with Crippen LogP contribution in [0, 0.1) is 0 Å². The number of aryl methyl sites for hydroxylation is 1. The van der Waals surface area contributed by atoms with Crippen molar-refractivity contribution >= 4 is 47.0 Å². The molecule has 6 aliphatic rings. The fourth-order valence-corrected chi connectivity index (χ4v) is 16.2. The summed E-state index contributed by atoms with van der Waals surface area (Å²) in [6.07, 6.45) is 7.73. The number of nitrogens with zero attached hydrogens (tertiary/aromatic N) is 9. The van der Waals surface area contributed by atoms with Gasteiger partial charge in [-0.05, 0) is 169 Å². The Morgan fingerprint density at radius 2 is 0.704 bits per heavy atom. The second-order valence-corrected chi connectivity index (χ2v) is 33.4. The standard InChI is InChI=1S/C22H25NO3.2C20H20FNO2.C18H22N4O2.C14H15ClFNO2.C14H16FNO2/c1-4-21(24)23-14-12-22(2,13-15-23)26-18-9-7-8-17(16-18)19-10-5-6-11-20(19)25-3;2*1-2-20(23)22-12-11-19(18(21)14-22)24-17-10-6-9-16(13-17)15-7-4-3-5-8-15;1-3-17(23)22-10-8-15(9-11-22)24-16-7-5-6-14(12-16)18-20-19-13-21(18)4-2;1-2-14(18)17-8-7-13(12(16)9-17)19-11-5-3-10(15)4-6-11;1-2-14(17)16-9-8-13(12(15)10-16)18-11-6-4-3-5-7-11/h4-11,16H,1,12-15H2,2-3H3;2*2-10,13,18-19H,1,11-12,14H2;3,5-7,12-13,15H,1,4,8-11H2,2H3;2-6,12-13H,1,7-9H2;2-7,12-13H,1,8-10H2/t;18-,19+;18-,19-;;12-,13+;12-,13-/m.11.11/s1. The number of halogens is 5. The van der Waals surface area contributed by atoms with Crippen LogP contribution in [0.15, 0.2) is 319 Å². The molecule has 8 atom stereocenters. The SMILES string of the molecule is C=CC(=O)N1CCC(C)(Oc2cccc(-c3ccccc3OC)c2)CC1.C=CC(=O)N1CCC(Oc2cccc(-c3nncn3CC)c2)CC1.C=CC(=O)N1CC[C@@H](Oc2cccc(-c3ccccc3)c2)[C@H](F)C1.C=CC(=O)N1CC[C@@H](Oc2ccccc2)[C@H](F)C1.C=CC(=O)N1CC[C@H](Oc2ccc(Cl)cc2)[C@H](F)C1.C=CC(=O)N1CC[C@H](Oc2cccc(-c3ccccc3)c2)[C@H](F)C1. The predicted octanol–water partition coefficient (Wildman–Crippen LogP) is 19.6. The van der Waals surface area contributed by atoms with Gasteiger partial charge in [0.2, 0.25) is 35.4 Å². The van der Waals surface area contributed by atoms with Crippen molar-refractivity contribution in [3.8, 4) is 85.0 Å². The van der Waals surface area contributed by atoms with Gasteiger partial charge in [0.05, 0.1) is 33.3 Å². The van der Waals surface area contributed by atoms with Crippen molar-refractivity contribution in [3.63, 3.8) is 0 Å². The third-order valence-corrected chi connectivity index (χ3v) is 23.9. The molecular formula is C108H118ClF4N9O13. The van der Waals surface area contributed by atoms with Gasteiger partial charge in [-0.3, -0.25) is 28.8 Å². The fourth-order valence-electron chi connectivity index (χ4n) is 16.1. The highest BCUT2D eigenvalue weighted by molar-refractivity contribution is 6.30. The van der Waals surface area contributed by atoms with Crippen LogP contribution in [0.5, 0.6) is 40.2 Å². The monoisotopic (exact) mass is 1860 g/mol. The largest absolute Gasteiger partial charge is 0.496 e. The highest BCUT2D eigenvalue weighted by Crippen LogP contribution is 2.37. The van der Waals surface area contributed by atoms with Crippen molar-refractivity contribution in [1.29, 1.82) is 0 Å². The first kappa shape index (κ1) is 102. The number of rotatable bonds is 24. The second kappa shape index (κ2) is 51.3. The minimum Gasteiger partial charge on any atom is -0.496 e. The summed E-state index contributed by atoms with van der Waals surface area (Å²) < 4.78 is 99.4. The number of methoxy groups -OCH3 is 1. The summed E-state index contributed by atoms with van der Waals surface area (Å²) in [5.74, 6) is 4.93. The number of carbonyl (C=O) groups excluding carboxylic acids is 6. The molecule has 27 heteroatoms. The van der Waals surface area contributed by atoms with Gasteiger partial charge in [0.25, 0.3) is 0 Å². The summed E-state index contributed by atoms with van der Waals surface area (Å²) in [5.41, 5.74) is 7.05. The summed E-state index contributed by atoms with van der Waals surface area (Å²) in [6.45, 7) is 30.7. The lowest BCUT2D eigenvalue weighted by Crippen LogP contribution is -2.48. The van der Waals surface area contributed by atoms with Crippen LogP contribution in [0.1, 0.15) is 65.2 Å². The third-order valence-electron chi connectivity index (χ3n) is 23.7. The molecule has 6 amide bonds. The van der Waals surface area contributed by atoms with Gasteiger partial charge in [0, 0.05) is 126 Å². The van der Waals surface area contributed by atoms with E-state index in [-0.39, 0.29) is 73.3 Å². The van der Waals surface area contributed by atoms with E-state index in [1.165, 1.54) is 56.1 Å². The lowest BCUT2D eigenvalue weighted by Gasteiger charge is -2.39. The molecule has 6 saturated heterocycles. The van der Waals surface area contributed by atoms with Gasteiger partial charge < -0.3 is 67.1 Å². The van der Waals surface area contributed by atoms with E-state index in [2.05, 4.69) is 69.6 Å². The molecule has 708 valence electrons. The molecule has 0 aliphatic carbocycles. The maximum Gasteiger partial charge on any atom is 0.246 e. The molecule has 0 N–H and O–H groups in total. The lowest BCUT2D eigenvalue weighted by molar-refractivity contribution is -0.130. The number of hydrogen-bond donors (Lipinski definition) is 0. The van der Waals surface area contributed by atoms with Gasteiger partial charge >= 0.3 is 0 Å². The molecule has 0 unspecified atom stereocenters. The number of carbonyl (C=O) groups is 6. The van der Waals surface area contributed by atoms with Crippen molar-refractivity contribution in [1.82, 2.24) is 44.2 Å². The fraction of sp³-hybridized carbons (Fsp3) is 0.315. The molecule has 9 aromatic carbocycles. The van der Waals surface area contributed by atoms with E-state index in [4.69, 9.17) is 44.8 Å². The lowest BCUT2D eigenvalue weighted by atomic mass is 9.93. The van der Waals surface area contributed by atoms with E-state index in [0.29, 0.717) is 106 Å². The van der Waals surface area contributed by atoms with Gasteiger partial charge in [0.1, 0.15) is 82.7 Å². The molecular weight excluding hydrogens is 1740 g/mol. The first-order chi connectivity index (χ1) is 65.4. The van der Waals surface area contributed by atoms with Crippen LogP contribution < -0.4 is 33.2 Å². The van der Waals surface area contributed by atoms with Crippen molar-refractivity contribution < 1.29 is 79.5 Å². The molecule has 1 aromatic heterocycles. The molecule has 0 bridgehead atoms. The second-order valence-electron chi connectivity index (χ2n) is 33.0. The third kappa shape index (κ3) is 30.0. The Morgan fingerprint density at radius 1 is 0.378 bits per heavy atom. The van der Waals surface area contributed by atoms with Gasteiger partial charge in [-0.2, -0.15) is 0 Å². The summed E-state index contributed by atoms with van der Waals surface area (Å²) in [5, 5.41) is 8.77. The highest BCUT2D eigenvalue weighted by Gasteiger charge is 2.38. The van der Waals surface area contributed by atoms with Gasteiger partial charge in [0.15, 0.2) is 30.5 Å². The summed E-state index contributed by atoms with van der Waals surface area (Å²) in [7, 11) is 1.68. The zero-order chi connectivity index (χ0) is 96.2. The number of para-hydroxylation sites is 2. The number of ether oxygens (including phenoxy) is 7. The maximum atomic E-state index is 14.4. The normalized spacial score (nSPS) is 19.4. The zero-order valence-electron chi connectivity index (χ0n) is 76.6. The van der Waals surface area contributed by atoms with Crippen LogP contribution >= 0.6 is 11.6 Å². The maximum absolute atomic E-state index is 14.4. The minimum absolute atomic E-state index is 0.00523. The molecule has 135 heavy (non-hydrogen) atoms.